The zero-order chi connectivity index (χ0) is 15.4. The summed E-state index contributed by atoms with van der Waals surface area (Å²) < 4.78 is 0. The molecule has 1 aromatic rings. The molecule has 0 aromatic heterocycles. The molecule has 3 rings (SSSR count). The van der Waals surface area contributed by atoms with Crippen LogP contribution >= 0.6 is 0 Å². The fourth-order valence-electron chi connectivity index (χ4n) is 3.89. The molecule has 1 saturated heterocycles. The Morgan fingerprint density at radius 2 is 2.18 bits per heavy atom. The lowest BCUT2D eigenvalue weighted by molar-refractivity contribution is -0.0217. The van der Waals surface area contributed by atoms with Gasteiger partial charge in [-0.2, -0.15) is 5.26 Å². The Hall–Kier alpha value is -1.86. The summed E-state index contributed by atoms with van der Waals surface area (Å²) in [5.74, 6) is 0. The predicted octanol–water partition coefficient (Wildman–Crippen LogP) is 2.92. The normalized spacial score (nSPS) is 27.5. The number of piperidine rings is 1. The van der Waals surface area contributed by atoms with Gasteiger partial charge >= 0.3 is 0 Å². The number of hydrogen-bond acceptors (Lipinski definition) is 3. The average Bonchev–Trinajstić information content (AvgIpc) is 2.50. The van der Waals surface area contributed by atoms with Crippen molar-refractivity contribution in [3.8, 4) is 6.19 Å². The molecular formula is C18H24N4. The minimum absolute atomic E-state index is 0.276. The highest BCUT2D eigenvalue weighted by Crippen LogP contribution is 2.49. The highest BCUT2D eigenvalue weighted by Gasteiger charge is 2.46. The molecule has 116 valence electrons. The van der Waals surface area contributed by atoms with E-state index in [-0.39, 0.29) is 6.04 Å². The second kappa shape index (κ2) is 6.50. The third-order valence-corrected chi connectivity index (χ3v) is 5.35. The first-order valence-electron chi connectivity index (χ1n) is 8.17. The van der Waals surface area contributed by atoms with Crippen molar-refractivity contribution in [3.05, 3.63) is 35.9 Å². The SMILES string of the molecule is C[C@@H]1[C@@H](N=CNC#N)CC2(CCC2)CN1Cc1ccccc1. The van der Waals surface area contributed by atoms with Crippen LogP contribution in [0.2, 0.25) is 0 Å². The Balaban J connectivity index is 1.74. The number of benzene rings is 1. The van der Waals surface area contributed by atoms with Gasteiger partial charge in [-0.1, -0.05) is 36.8 Å². The van der Waals surface area contributed by atoms with E-state index in [0.29, 0.717) is 11.5 Å². The minimum Gasteiger partial charge on any atom is -0.294 e. The third kappa shape index (κ3) is 3.15. The van der Waals surface area contributed by atoms with Crippen molar-refractivity contribution < 1.29 is 0 Å². The molecule has 4 nitrogen and oxygen atoms in total. The van der Waals surface area contributed by atoms with Crippen LogP contribution in [0.4, 0.5) is 0 Å². The quantitative estimate of drug-likeness (QED) is 0.402. The smallest absolute Gasteiger partial charge is 0.182 e. The fourth-order valence-corrected chi connectivity index (χ4v) is 3.89. The highest BCUT2D eigenvalue weighted by molar-refractivity contribution is 5.56. The van der Waals surface area contributed by atoms with Gasteiger partial charge in [-0.3, -0.25) is 15.2 Å². The summed E-state index contributed by atoms with van der Waals surface area (Å²) in [6.45, 7) is 4.44. The molecule has 0 amide bonds. The summed E-state index contributed by atoms with van der Waals surface area (Å²) in [5, 5.41) is 11.1. The second-order valence-corrected chi connectivity index (χ2v) is 6.79. The Morgan fingerprint density at radius 3 is 2.82 bits per heavy atom. The molecule has 1 spiro atoms. The molecule has 1 heterocycles. The van der Waals surface area contributed by atoms with Gasteiger partial charge < -0.3 is 0 Å². The summed E-state index contributed by atoms with van der Waals surface area (Å²) in [7, 11) is 0. The fraction of sp³-hybridized carbons (Fsp3) is 0.556. The van der Waals surface area contributed by atoms with Gasteiger partial charge in [0.25, 0.3) is 0 Å². The Bertz CT molecular complexity index is 556. The van der Waals surface area contributed by atoms with Crippen LogP contribution in [-0.4, -0.2) is 29.9 Å². The molecule has 2 atom stereocenters. The van der Waals surface area contributed by atoms with Crippen molar-refractivity contribution in [2.75, 3.05) is 6.54 Å². The van der Waals surface area contributed by atoms with Gasteiger partial charge in [0.15, 0.2) is 6.19 Å². The zero-order valence-corrected chi connectivity index (χ0v) is 13.2. The molecule has 1 aliphatic carbocycles. The Kier molecular flexibility index (Phi) is 4.44. The van der Waals surface area contributed by atoms with Crippen LogP contribution < -0.4 is 5.32 Å². The van der Waals surface area contributed by atoms with Crippen molar-refractivity contribution in [1.82, 2.24) is 10.2 Å². The number of likely N-dealkylation sites (tertiary alicyclic amines) is 1. The van der Waals surface area contributed by atoms with Gasteiger partial charge in [-0.05, 0) is 37.2 Å². The third-order valence-electron chi connectivity index (χ3n) is 5.35. The molecule has 0 radical (unpaired) electrons. The number of aliphatic imine (C=N–C) groups is 1. The van der Waals surface area contributed by atoms with E-state index in [0.717, 1.165) is 13.0 Å². The van der Waals surface area contributed by atoms with E-state index in [9.17, 15) is 0 Å². The van der Waals surface area contributed by atoms with Crippen LogP contribution in [0.1, 0.15) is 38.2 Å². The molecule has 1 N–H and O–H groups in total. The topological polar surface area (TPSA) is 51.4 Å². The van der Waals surface area contributed by atoms with Crippen LogP contribution in [0.15, 0.2) is 35.3 Å². The van der Waals surface area contributed by atoms with E-state index >= 15 is 0 Å². The van der Waals surface area contributed by atoms with Crippen molar-refractivity contribution in [3.63, 3.8) is 0 Å². The lowest BCUT2D eigenvalue weighted by Gasteiger charge is -2.53. The monoisotopic (exact) mass is 296 g/mol. The van der Waals surface area contributed by atoms with Crippen LogP contribution in [0.3, 0.4) is 0 Å². The molecule has 4 heteroatoms. The number of nitrogens with one attached hydrogen (secondary N) is 1. The maximum Gasteiger partial charge on any atom is 0.182 e. The zero-order valence-electron chi connectivity index (χ0n) is 13.2. The summed E-state index contributed by atoms with van der Waals surface area (Å²) in [5.41, 5.74) is 1.82. The molecular weight excluding hydrogens is 272 g/mol. The van der Waals surface area contributed by atoms with E-state index < -0.39 is 0 Å². The molecule has 2 fully saturated rings. The summed E-state index contributed by atoms with van der Waals surface area (Å²) >= 11 is 0. The lowest BCUT2D eigenvalue weighted by Crippen LogP contribution is -2.56. The van der Waals surface area contributed by atoms with Crippen LogP contribution in [0.25, 0.3) is 0 Å². The average molecular weight is 296 g/mol. The molecule has 1 saturated carbocycles. The number of nitrogens with zero attached hydrogens (tertiary/aromatic N) is 3. The lowest BCUT2D eigenvalue weighted by atomic mass is 9.62. The van der Waals surface area contributed by atoms with E-state index in [1.165, 1.54) is 31.4 Å². The van der Waals surface area contributed by atoms with Gasteiger partial charge in [-0.15, -0.1) is 0 Å². The largest absolute Gasteiger partial charge is 0.294 e. The Morgan fingerprint density at radius 1 is 1.41 bits per heavy atom. The van der Waals surface area contributed by atoms with Gasteiger partial charge in [0.05, 0.1) is 12.4 Å². The first-order chi connectivity index (χ1) is 10.7. The maximum atomic E-state index is 8.61. The van der Waals surface area contributed by atoms with Gasteiger partial charge in [-0.25, -0.2) is 0 Å². The summed E-state index contributed by atoms with van der Waals surface area (Å²) in [6, 6.07) is 11.4. The van der Waals surface area contributed by atoms with Crippen molar-refractivity contribution in [2.45, 2.75) is 51.2 Å². The van der Waals surface area contributed by atoms with E-state index in [4.69, 9.17) is 5.26 Å². The van der Waals surface area contributed by atoms with Gasteiger partial charge in [0.1, 0.15) is 0 Å². The molecule has 2 aliphatic rings. The molecule has 1 aromatic carbocycles. The van der Waals surface area contributed by atoms with Crippen molar-refractivity contribution >= 4 is 6.34 Å². The second-order valence-electron chi connectivity index (χ2n) is 6.79. The first kappa shape index (κ1) is 15.1. The molecule has 0 unspecified atom stereocenters. The standard InChI is InChI=1S/C18H24N4/c1-15-17(21-14-20-13-19)10-18(8-5-9-18)12-22(15)11-16-6-3-2-4-7-16/h2-4,6-7,14-15,17H,5,8-12H2,1H3,(H,20,21)/t15-,17+/m1/s1. The van der Waals surface area contributed by atoms with E-state index in [1.807, 2.05) is 6.19 Å². The number of hydrogen-bond donors (Lipinski definition) is 1. The summed E-state index contributed by atoms with van der Waals surface area (Å²) in [6.07, 6.45) is 8.63. The Labute approximate surface area is 132 Å². The predicted molar refractivity (Wildman–Crippen MR) is 88.2 cm³/mol. The number of rotatable bonds is 4. The van der Waals surface area contributed by atoms with Crippen molar-refractivity contribution in [1.29, 1.82) is 5.26 Å². The van der Waals surface area contributed by atoms with Crippen molar-refractivity contribution in [2.24, 2.45) is 10.4 Å². The van der Waals surface area contributed by atoms with Crippen LogP contribution in [0.5, 0.6) is 0 Å². The summed E-state index contributed by atoms with van der Waals surface area (Å²) in [4.78, 5) is 7.20. The van der Waals surface area contributed by atoms with Gasteiger partial charge in [0.2, 0.25) is 0 Å². The molecule has 1 aliphatic heterocycles. The van der Waals surface area contributed by atoms with Crippen LogP contribution in [-0.2, 0) is 6.54 Å². The number of nitriles is 1. The maximum absolute atomic E-state index is 8.61. The molecule has 22 heavy (non-hydrogen) atoms. The first-order valence-corrected chi connectivity index (χ1v) is 8.17. The van der Waals surface area contributed by atoms with Gasteiger partial charge in [0, 0.05) is 19.1 Å². The van der Waals surface area contributed by atoms with E-state index in [1.54, 1.807) is 6.34 Å². The highest BCUT2D eigenvalue weighted by atomic mass is 15.2. The van der Waals surface area contributed by atoms with E-state index in [2.05, 4.69) is 52.5 Å². The minimum atomic E-state index is 0.276. The molecule has 0 bridgehead atoms. The van der Waals surface area contributed by atoms with Crippen LogP contribution in [0, 0.1) is 16.9 Å².